The van der Waals surface area contributed by atoms with Crippen molar-refractivity contribution >= 4 is 40.5 Å². The molecule has 0 unspecified atom stereocenters. The Morgan fingerprint density at radius 1 is 0.933 bits per heavy atom. The Kier molecular flexibility index (Phi) is 5.68. The van der Waals surface area contributed by atoms with E-state index >= 15 is 0 Å². The van der Waals surface area contributed by atoms with Gasteiger partial charge in [0, 0.05) is 41.1 Å². The summed E-state index contributed by atoms with van der Waals surface area (Å²) in [7, 11) is 0. The van der Waals surface area contributed by atoms with Gasteiger partial charge in [-0.3, -0.25) is 14.7 Å². The fraction of sp³-hybridized carbons (Fsp3) is 0.0435. The van der Waals surface area contributed by atoms with Crippen LogP contribution in [0.3, 0.4) is 0 Å². The molecular formula is C23H18ClN5O. The van der Waals surface area contributed by atoms with Gasteiger partial charge in [-0.2, -0.15) is 0 Å². The van der Waals surface area contributed by atoms with Gasteiger partial charge in [0.25, 0.3) is 5.91 Å². The van der Waals surface area contributed by atoms with E-state index in [4.69, 9.17) is 11.6 Å². The number of pyridine rings is 1. The Morgan fingerprint density at radius 3 is 2.33 bits per heavy atom. The van der Waals surface area contributed by atoms with E-state index in [-0.39, 0.29) is 5.91 Å². The number of amides is 1. The van der Waals surface area contributed by atoms with Gasteiger partial charge in [-0.05, 0) is 67.1 Å². The molecule has 7 heteroatoms. The third-order valence-electron chi connectivity index (χ3n) is 4.49. The Morgan fingerprint density at radius 2 is 1.63 bits per heavy atom. The molecule has 6 nitrogen and oxygen atoms in total. The number of nitrogens with one attached hydrogen (secondary N) is 1. The molecule has 0 saturated heterocycles. The van der Waals surface area contributed by atoms with Crippen LogP contribution in [0.25, 0.3) is 0 Å². The maximum Gasteiger partial charge on any atom is 0.255 e. The van der Waals surface area contributed by atoms with Crippen LogP contribution in [-0.2, 0) is 0 Å². The normalized spacial score (nSPS) is 10.5. The Hall–Kier alpha value is -3.77. The van der Waals surface area contributed by atoms with Gasteiger partial charge in [0.05, 0.1) is 11.4 Å². The third-order valence-corrected chi connectivity index (χ3v) is 4.74. The lowest BCUT2D eigenvalue weighted by Crippen LogP contribution is -2.16. The van der Waals surface area contributed by atoms with Crippen molar-refractivity contribution in [2.75, 3.05) is 10.2 Å². The number of anilines is 4. The smallest absolute Gasteiger partial charge is 0.255 e. The summed E-state index contributed by atoms with van der Waals surface area (Å²) in [5.41, 5.74) is 3.90. The number of benzene rings is 2. The summed E-state index contributed by atoms with van der Waals surface area (Å²) in [6, 6.07) is 18.0. The lowest BCUT2D eigenvalue weighted by molar-refractivity contribution is 0.102. The molecule has 0 saturated carbocycles. The van der Waals surface area contributed by atoms with E-state index in [0.29, 0.717) is 22.2 Å². The summed E-state index contributed by atoms with van der Waals surface area (Å²) in [4.78, 5) is 27.5. The van der Waals surface area contributed by atoms with E-state index in [1.54, 1.807) is 55.1 Å². The molecule has 1 N–H and O–H groups in total. The van der Waals surface area contributed by atoms with Crippen molar-refractivity contribution in [3.05, 3.63) is 102 Å². The second kappa shape index (κ2) is 8.71. The highest BCUT2D eigenvalue weighted by atomic mass is 35.5. The zero-order valence-electron chi connectivity index (χ0n) is 16.2. The highest BCUT2D eigenvalue weighted by Gasteiger charge is 2.18. The number of carbonyl (C=O) groups is 1. The average Bonchev–Trinajstić information content (AvgIpc) is 2.78. The van der Waals surface area contributed by atoms with Crippen LogP contribution in [0.5, 0.6) is 0 Å². The van der Waals surface area contributed by atoms with Crippen LogP contribution >= 0.6 is 11.6 Å². The molecule has 2 aromatic carbocycles. The van der Waals surface area contributed by atoms with E-state index in [1.165, 1.54) is 0 Å². The van der Waals surface area contributed by atoms with E-state index in [2.05, 4.69) is 20.3 Å². The van der Waals surface area contributed by atoms with Gasteiger partial charge in [-0.25, -0.2) is 9.97 Å². The van der Waals surface area contributed by atoms with E-state index in [9.17, 15) is 4.79 Å². The summed E-state index contributed by atoms with van der Waals surface area (Å²) < 4.78 is 0. The standard InChI is InChI=1S/C23H18ClN5O/c1-16-3-8-19(28-22(30)17-4-6-18(24)7-5-17)15-21(16)29(20-9-13-25-14-10-20)23-26-11-2-12-27-23/h2-15H,1H3,(H,28,30). The van der Waals surface area contributed by atoms with Crippen molar-refractivity contribution < 1.29 is 4.79 Å². The van der Waals surface area contributed by atoms with Crippen LogP contribution in [0.1, 0.15) is 15.9 Å². The molecule has 2 heterocycles. The van der Waals surface area contributed by atoms with Gasteiger partial charge in [-0.15, -0.1) is 0 Å². The minimum Gasteiger partial charge on any atom is -0.322 e. The number of rotatable bonds is 5. The molecule has 2 aromatic heterocycles. The molecule has 0 fully saturated rings. The summed E-state index contributed by atoms with van der Waals surface area (Å²) >= 11 is 5.91. The number of aryl methyl sites for hydroxylation is 1. The number of carbonyl (C=O) groups excluding carboxylic acids is 1. The molecule has 30 heavy (non-hydrogen) atoms. The first-order valence-electron chi connectivity index (χ1n) is 9.26. The van der Waals surface area contributed by atoms with Gasteiger partial charge >= 0.3 is 0 Å². The van der Waals surface area contributed by atoms with Crippen LogP contribution in [0, 0.1) is 6.92 Å². The van der Waals surface area contributed by atoms with Crippen molar-refractivity contribution in [1.82, 2.24) is 15.0 Å². The quantitative estimate of drug-likeness (QED) is 0.462. The predicted octanol–water partition coefficient (Wildman–Crippen LogP) is 5.56. The Bertz CT molecular complexity index is 1110. The lowest BCUT2D eigenvalue weighted by atomic mass is 10.1. The van der Waals surface area contributed by atoms with Crippen LogP contribution < -0.4 is 10.2 Å². The van der Waals surface area contributed by atoms with E-state index in [1.807, 2.05) is 42.2 Å². The summed E-state index contributed by atoms with van der Waals surface area (Å²) in [5, 5.41) is 3.52. The highest BCUT2D eigenvalue weighted by Crippen LogP contribution is 2.35. The summed E-state index contributed by atoms with van der Waals surface area (Å²) in [5.74, 6) is 0.306. The number of aromatic nitrogens is 3. The number of nitrogens with zero attached hydrogens (tertiary/aromatic N) is 4. The zero-order chi connectivity index (χ0) is 20.9. The number of hydrogen-bond acceptors (Lipinski definition) is 5. The molecule has 148 valence electrons. The fourth-order valence-corrected chi connectivity index (χ4v) is 3.12. The molecule has 0 bridgehead atoms. The van der Waals surface area contributed by atoms with Crippen molar-refractivity contribution in [2.24, 2.45) is 0 Å². The van der Waals surface area contributed by atoms with Gasteiger partial charge in [0.1, 0.15) is 0 Å². The minimum atomic E-state index is -0.215. The third kappa shape index (κ3) is 4.29. The summed E-state index contributed by atoms with van der Waals surface area (Å²) in [6.45, 7) is 2.00. The highest BCUT2D eigenvalue weighted by molar-refractivity contribution is 6.30. The van der Waals surface area contributed by atoms with Crippen molar-refractivity contribution in [2.45, 2.75) is 6.92 Å². The van der Waals surface area contributed by atoms with Crippen LogP contribution in [0.15, 0.2) is 85.5 Å². The summed E-state index contributed by atoms with van der Waals surface area (Å²) in [6.07, 6.45) is 6.82. The largest absolute Gasteiger partial charge is 0.322 e. The van der Waals surface area contributed by atoms with Gasteiger partial charge in [-0.1, -0.05) is 17.7 Å². The molecule has 0 aliphatic carbocycles. The lowest BCUT2D eigenvalue weighted by Gasteiger charge is -2.25. The molecular weight excluding hydrogens is 398 g/mol. The van der Waals surface area contributed by atoms with Crippen molar-refractivity contribution in [1.29, 1.82) is 0 Å². The number of hydrogen-bond donors (Lipinski definition) is 1. The monoisotopic (exact) mass is 415 g/mol. The predicted molar refractivity (Wildman–Crippen MR) is 119 cm³/mol. The SMILES string of the molecule is Cc1ccc(NC(=O)c2ccc(Cl)cc2)cc1N(c1ccncc1)c1ncccn1. The first kappa shape index (κ1) is 19.5. The van der Waals surface area contributed by atoms with E-state index < -0.39 is 0 Å². The molecule has 1 amide bonds. The molecule has 0 aliphatic rings. The molecule has 0 spiro atoms. The first-order chi connectivity index (χ1) is 14.6. The fourth-order valence-electron chi connectivity index (χ4n) is 2.99. The number of halogens is 1. The maximum absolute atomic E-state index is 12.6. The molecule has 0 aliphatic heterocycles. The molecule has 4 rings (SSSR count). The second-order valence-electron chi connectivity index (χ2n) is 6.55. The topological polar surface area (TPSA) is 71.0 Å². The second-order valence-corrected chi connectivity index (χ2v) is 6.99. The molecule has 0 radical (unpaired) electrons. The Balaban J connectivity index is 1.72. The van der Waals surface area contributed by atoms with Gasteiger partial charge in [0.15, 0.2) is 0 Å². The van der Waals surface area contributed by atoms with Crippen molar-refractivity contribution in [3.63, 3.8) is 0 Å². The van der Waals surface area contributed by atoms with E-state index in [0.717, 1.165) is 16.9 Å². The minimum absolute atomic E-state index is 0.215. The Labute approximate surface area is 179 Å². The maximum atomic E-state index is 12.6. The first-order valence-corrected chi connectivity index (χ1v) is 9.64. The van der Waals surface area contributed by atoms with Crippen LogP contribution in [0.2, 0.25) is 5.02 Å². The van der Waals surface area contributed by atoms with Crippen LogP contribution in [-0.4, -0.2) is 20.9 Å². The average molecular weight is 416 g/mol. The van der Waals surface area contributed by atoms with Crippen LogP contribution in [0.4, 0.5) is 23.0 Å². The molecule has 0 atom stereocenters. The zero-order valence-corrected chi connectivity index (χ0v) is 16.9. The van der Waals surface area contributed by atoms with Gasteiger partial charge in [0.2, 0.25) is 5.95 Å². The van der Waals surface area contributed by atoms with Crippen molar-refractivity contribution in [3.8, 4) is 0 Å². The van der Waals surface area contributed by atoms with Gasteiger partial charge < -0.3 is 5.32 Å². The molecule has 4 aromatic rings.